The van der Waals surface area contributed by atoms with Gasteiger partial charge in [-0.2, -0.15) is 0 Å². The summed E-state index contributed by atoms with van der Waals surface area (Å²) in [6, 6.07) is 12.8. The van der Waals surface area contributed by atoms with Gasteiger partial charge in [-0.1, -0.05) is 30.3 Å². The van der Waals surface area contributed by atoms with E-state index >= 15 is 0 Å². The average molecular weight is 288 g/mol. The second-order valence-corrected chi connectivity index (χ2v) is 5.02. The molecule has 2 aromatic rings. The summed E-state index contributed by atoms with van der Waals surface area (Å²) >= 11 is 0. The molecule has 0 aliphatic carbocycles. The van der Waals surface area contributed by atoms with Gasteiger partial charge in [0.25, 0.3) is 5.69 Å². The molecule has 0 heterocycles. The molecule has 2 rings (SSSR count). The lowest BCUT2D eigenvalue weighted by molar-refractivity contribution is -0.385. The molecule has 0 bridgehead atoms. The lowest BCUT2D eigenvalue weighted by atomic mass is 9.99. The Morgan fingerprint density at radius 3 is 2.48 bits per heavy atom. The molecule has 0 amide bonds. The van der Waals surface area contributed by atoms with Crippen molar-refractivity contribution in [3.63, 3.8) is 0 Å². The minimum Gasteiger partial charge on any atom is -0.327 e. The number of hydrogen-bond donors (Lipinski definition) is 1. The van der Waals surface area contributed by atoms with Gasteiger partial charge in [0.1, 0.15) is 5.82 Å². The summed E-state index contributed by atoms with van der Waals surface area (Å²) in [6.07, 6.45) is 1.82. The van der Waals surface area contributed by atoms with Crippen molar-refractivity contribution >= 4 is 5.69 Å². The Labute approximate surface area is 122 Å². The Hall–Kier alpha value is -2.27. The van der Waals surface area contributed by atoms with Crippen molar-refractivity contribution in [2.45, 2.75) is 25.3 Å². The van der Waals surface area contributed by atoms with Crippen LogP contribution in [0.2, 0.25) is 0 Å². The van der Waals surface area contributed by atoms with Gasteiger partial charge in [-0.3, -0.25) is 10.1 Å². The van der Waals surface area contributed by atoms with E-state index in [2.05, 4.69) is 0 Å². The number of halogens is 1. The van der Waals surface area contributed by atoms with Gasteiger partial charge >= 0.3 is 0 Å². The monoisotopic (exact) mass is 288 g/mol. The molecule has 1 atom stereocenters. The third kappa shape index (κ3) is 4.36. The fraction of sp³-hybridized carbons (Fsp3) is 0.250. The van der Waals surface area contributed by atoms with Gasteiger partial charge in [-0.15, -0.1) is 0 Å². The first-order valence-electron chi connectivity index (χ1n) is 6.78. The summed E-state index contributed by atoms with van der Waals surface area (Å²) in [5.41, 5.74) is 7.84. The predicted molar refractivity (Wildman–Crippen MR) is 79.5 cm³/mol. The smallest absolute Gasteiger partial charge is 0.272 e. The molecule has 0 aromatic heterocycles. The van der Waals surface area contributed by atoms with Crippen molar-refractivity contribution in [1.29, 1.82) is 0 Å². The number of rotatable bonds is 6. The van der Waals surface area contributed by atoms with Crippen LogP contribution in [0.1, 0.15) is 17.5 Å². The van der Waals surface area contributed by atoms with Gasteiger partial charge in [0, 0.05) is 17.7 Å². The van der Waals surface area contributed by atoms with Crippen LogP contribution in [-0.2, 0) is 12.8 Å². The zero-order valence-corrected chi connectivity index (χ0v) is 11.5. The van der Waals surface area contributed by atoms with E-state index in [9.17, 15) is 14.5 Å². The number of para-hydroxylation sites is 1. The summed E-state index contributed by atoms with van der Waals surface area (Å²) in [7, 11) is 0. The molecule has 0 aliphatic heterocycles. The van der Waals surface area contributed by atoms with Crippen molar-refractivity contribution in [3.8, 4) is 0 Å². The second-order valence-electron chi connectivity index (χ2n) is 5.02. The maximum Gasteiger partial charge on any atom is 0.272 e. The van der Waals surface area contributed by atoms with Crippen LogP contribution in [0.5, 0.6) is 0 Å². The Morgan fingerprint density at radius 2 is 1.81 bits per heavy atom. The third-order valence-corrected chi connectivity index (χ3v) is 3.38. The zero-order valence-electron chi connectivity index (χ0n) is 11.5. The molecule has 0 fully saturated rings. The zero-order chi connectivity index (χ0) is 15.2. The number of benzene rings is 2. The minimum atomic E-state index is -0.374. The molecule has 21 heavy (non-hydrogen) atoms. The van der Waals surface area contributed by atoms with Crippen molar-refractivity contribution in [1.82, 2.24) is 0 Å². The number of nitrogens with two attached hydrogens (primary N) is 1. The van der Waals surface area contributed by atoms with Crippen LogP contribution in [0.25, 0.3) is 0 Å². The number of nitro benzene ring substituents is 1. The molecule has 2 aromatic carbocycles. The van der Waals surface area contributed by atoms with Crippen LogP contribution in [0.3, 0.4) is 0 Å². The standard InChI is InChI=1S/C16H17FN2O2/c17-14-8-5-12(6-9-14)11-15(18)10-7-13-3-1-2-4-16(13)19(20)21/h1-6,8-9,15H,7,10-11,18H2. The van der Waals surface area contributed by atoms with E-state index in [1.807, 2.05) is 0 Å². The highest BCUT2D eigenvalue weighted by Crippen LogP contribution is 2.20. The molecular weight excluding hydrogens is 271 g/mol. The van der Waals surface area contributed by atoms with Crippen molar-refractivity contribution in [2.75, 3.05) is 0 Å². The van der Waals surface area contributed by atoms with Crippen molar-refractivity contribution in [2.24, 2.45) is 5.73 Å². The topological polar surface area (TPSA) is 69.2 Å². The maximum atomic E-state index is 12.8. The van der Waals surface area contributed by atoms with E-state index < -0.39 is 0 Å². The number of aryl methyl sites for hydroxylation is 1. The molecule has 0 radical (unpaired) electrons. The molecule has 0 aliphatic rings. The lowest BCUT2D eigenvalue weighted by Crippen LogP contribution is -2.23. The Balaban J connectivity index is 1.93. The molecule has 110 valence electrons. The summed E-state index contributed by atoms with van der Waals surface area (Å²) in [4.78, 5) is 10.6. The van der Waals surface area contributed by atoms with Crippen LogP contribution in [0, 0.1) is 15.9 Å². The van der Waals surface area contributed by atoms with Gasteiger partial charge in [-0.05, 0) is 37.0 Å². The maximum absolute atomic E-state index is 12.8. The molecule has 0 spiro atoms. The van der Waals surface area contributed by atoms with Gasteiger partial charge in [-0.25, -0.2) is 4.39 Å². The minimum absolute atomic E-state index is 0.115. The number of hydrogen-bond acceptors (Lipinski definition) is 3. The van der Waals surface area contributed by atoms with E-state index in [1.165, 1.54) is 18.2 Å². The summed E-state index contributed by atoms with van der Waals surface area (Å²) in [5, 5.41) is 10.9. The first kappa shape index (κ1) is 15.1. The molecule has 4 nitrogen and oxygen atoms in total. The molecule has 0 saturated carbocycles. The Morgan fingerprint density at radius 1 is 1.14 bits per heavy atom. The normalized spacial score (nSPS) is 12.1. The average Bonchev–Trinajstić information content (AvgIpc) is 2.48. The van der Waals surface area contributed by atoms with E-state index in [4.69, 9.17) is 5.73 Å². The second kappa shape index (κ2) is 6.95. The fourth-order valence-electron chi connectivity index (χ4n) is 2.27. The quantitative estimate of drug-likeness (QED) is 0.655. The first-order chi connectivity index (χ1) is 10.1. The summed E-state index contributed by atoms with van der Waals surface area (Å²) < 4.78 is 12.8. The SMILES string of the molecule is NC(CCc1ccccc1[N+](=O)[O-])Cc1ccc(F)cc1. The van der Waals surface area contributed by atoms with E-state index in [0.717, 1.165) is 5.56 Å². The highest BCUT2D eigenvalue weighted by molar-refractivity contribution is 5.39. The van der Waals surface area contributed by atoms with Crippen LogP contribution in [0.15, 0.2) is 48.5 Å². The van der Waals surface area contributed by atoms with E-state index in [0.29, 0.717) is 24.8 Å². The van der Waals surface area contributed by atoms with E-state index in [1.54, 1.807) is 30.3 Å². The highest BCUT2D eigenvalue weighted by atomic mass is 19.1. The number of nitrogens with zero attached hydrogens (tertiary/aromatic N) is 1. The van der Waals surface area contributed by atoms with Crippen molar-refractivity contribution in [3.05, 3.63) is 75.6 Å². The molecule has 2 N–H and O–H groups in total. The summed E-state index contributed by atoms with van der Waals surface area (Å²) in [6.45, 7) is 0. The Bertz CT molecular complexity index is 614. The summed E-state index contributed by atoms with van der Waals surface area (Å²) in [5.74, 6) is -0.271. The van der Waals surface area contributed by atoms with Gasteiger partial charge in [0.2, 0.25) is 0 Å². The van der Waals surface area contributed by atoms with Gasteiger partial charge in [0.15, 0.2) is 0 Å². The first-order valence-corrected chi connectivity index (χ1v) is 6.78. The van der Waals surface area contributed by atoms with Gasteiger partial charge < -0.3 is 5.73 Å². The van der Waals surface area contributed by atoms with Crippen LogP contribution < -0.4 is 5.73 Å². The molecule has 0 saturated heterocycles. The predicted octanol–water partition coefficient (Wildman–Crippen LogP) is 3.24. The third-order valence-electron chi connectivity index (χ3n) is 3.38. The van der Waals surface area contributed by atoms with Crippen LogP contribution >= 0.6 is 0 Å². The number of nitro groups is 1. The van der Waals surface area contributed by atoms with Crippen LogP contribution in [0.4, 0.5) is 10.1 Å². The molecule has 5 heteroatoms. The fourth-order valence-corrected chi connectivity index (χ4v) is 2.27. The van der Waals surface area contributed by atoms with E-state index in [-0.39, 0.29) is 22.5 Å². The lowest BCUT2D eigenvalue weighted by Gasteiger charge is -2.11. The van der Waals surface area contributed by atoms with Crippen molar-refractivity contribution < 1.29 is 9.31 Å². The highest BCUT2D eigenvalue weighted by Gasteiger charge is 2.13. The largest absolute Gasteiger partial charge is 0.327 e. The van der Waals surface area contributed by atoms with Gasteiger partial charge in [0.05, 0.1) is 4.92 Å². The van der Waals surface area contributed by atoms with Crippen LogP contribution in [-0.4, -0.2) is 11.0 Å². The molecule has 1 unspecified atom stereocenters. The molecular formula is C16H17FN2O2. The Kier molecular flexibility index (Phi) is 5.00.